The fraction of sp³-hybridized carbons (Fsp3) is 1.00. The van der Waals surface area contributed by atoms with Crippen molar-refractivity contribution >= 4 is 7.12 Å². The topological polar surface area (TPSA) is 44.5 Å². The van der Waals surface area contributed by atoms with Crippen molar-refractivity contribution in [1.29, 1.82) is 0 Å². The molecule has 5 fully saturated rings. The molecule has 0 aromatic heterocycles. The highest BCUT2D eigenvalue weighted by Crippen LogP contribution is 2.66. The van der Waals surface area contributed by atoms with Crippen molar-refractivity contribution in [2.45, 2.75) is 63.6 Å². The fourth-order valence-electron chi connectivity index (χ4n) is 4.49. The molecule has 3 nitrogen and oxygen atoms in total. The maximum Gasteiger partial charge on any atom is 0.478 e. The van der Waals surface area contributed by atoms with Gasteiger partial charge in [-0.25, -0.2) is 0 Å². The Morgan fingerprint density at radius 1 is 1.18 bits per heavy atom. The molecule has 4 atom stereocenters. The molecular formula is C13H22BNO2. The molecule has 1 saturated heterocycles. The molecule has 0 amide bonds. The zero-order valence-corrected chi connectivity index (χ0v) is 11.0. The smallest absolute Gasteiger partial charge is 0.404 e. The minimum Gasteiger partial charge on any atom is -0.404 e. The summed E-state index contributed by atoms with van der Waals surface area (Å²) in [5.74, 6) is 1.46. The molecule has 17 heavy (non-hydrogen) atoms. The molecule has 5 rings (SSSR count). The van der Waals surface area contributed by atoms with E-state index in [0.717, 1.165) is 25.2 Å². The quantitative estimate of drug-likeness (QED) is 0.704. The summed E-state index contributed by atoms with van der Waals surface area (Å²) in [6.07, 6.45) is 4.86. The lowest BCUT2D eigenvalue weighted by Crippen LogP contribution is -2.65. The SMILES string of the molecule is CC1(C)[C@@H]2C[C@H]3OB(C4(N)CC4)O[C@@]3(C)[C@H]1C2. The van der Waals surface area contributed by atoms with E-state index in [9.17, 15) is 0 Å². The Morgan fingerprint density at radius 2 is 1.88 bits per heavy atom. The van der Waals surface area contributed by atoms with Gasteiger partial charge in [-0.1, -0.05) is 13.8 Å². The third-order valence-electron chi connectivity index (χ3n) is 6.25. The van der Waals surface area contributed by atoms with Crippen LogP contribution in [0.5, 0.6) is 0 Å². The molecule has 94 valence electrons. The van der Waals surface area contributed by atoms with Crippen molar-refractivity contribution in [1.82, 2.24) is 0 Å². The molecule has 1 aliphatic heterocycles. The van der Waals surface area contributed by atoms with Gasteiger partial charge in [-0.2, -0.15) is 0 Å². The van der Waals surface area contributed by atoms with Crippen molar-refractivity contribution < 1.29 is 9.31 Å². The zero-order valence-electron chi connectivity index (χ0n) is 11.0. The van der Waals surface area contributed by atoms with Crippen LogP contribution in [0.1, 0.15) is 46.5 Å². The predicted octanol–water partition coefficient (Wildman–Crippen LogP) is 1.75. The first-order valence-corrected chi connectivity index (χ1v) is 6.98. The Kier molecular flexibility index (Phi) is 1.76. The predicted molar refractivity (Wildman–Crippen MR) is 66.3 cm³/mol. The van der Waals surface area contributed by atoms with E-state index in [1.54, 1.807) is 0 Å². The van der Waals surface area contributed by atoms with E-state index in [1.807, 2.05) is 0 Å². The molecule has 0 aromatic carbocycles. The highest BCUT2D eigenvalue weighted by atomic mass is 16.7. The minimum absolute atomic E-state index is 0.0854. The van der Waals surface area contributed by atoms with Gasteiger partial charge in [-0.3, -0.25) is 0 Å². The van der Waals surface area contributed by atoms with Crippen LogP contribution in [0.4, 0.5) is 0 Å². The highest BCUT2D eigenvalue weighted by molar-refractivity contribution is 6.50. The van der Waals surface area contributed by atoms with E-state index in [0.29, 0.717) is 11.3 Å². The molecule has 0 spiro atoms. The van der Waals surface area contributed by atoms with E-state index in [1.165, 1.54) is 6.42 Å². The van der Waals surface area contributed by atoms with Crippen LogP contribution in [-0.4, -0.2) is 24.3 Å². The van der Waals surface area contributed by atoms with Crippen LogP contribution in [0.15, 0.2) is 0 Å². The first-order chi connectivity index (χ1) is 7.86. The van der Waals surface area contributed by atoms with Crippen molar-refractivity contribution in [3.05, 3.63) is 0 Å². The van der Waals surface area contributed by atoms with Crippen LogP contribution < -0.4 is 5.73 Å². The van der Waals surface area contributed by atoms with Gasteiger partial charge in [0, 0.05) is 0 Å². The van der Waals surface area contributed by atoms with Crippen LogP contribution in [-0.2, 0) is 9.31 Å². The first kappa shape index (κ1) is 10.8. The van der Waals surface area contributed by atoms with Gasteiger partial charge in [-0.05, 0) is 49.9 Å². The molecule has 2 N–H and O–H groups in total. The number of hydrogen-bond donors (Lipinski definition) is 1. The second-order valence-corrected chi connectivity index (χ2v) is 7.53. The largest absolute Gasteiger partial charge is 0.478 e. The van der Waals surface area contributed by atoms with Crippen LogP contribution >= 0.6 is 0 Å². The van der Waals surface area contributed by atoms with Gasteiger partial charge in [0.1, 0.15) is 0 Å². The molecule has 4 saturated carbocycles. The molecular weight excluding hydrogens is 213 g/mol. The summed E-state index contributed by atoms with van der Waals surface area (Å²) in [5.41, 5.74) is 6.41. The molecule has 0 radical (unpaired) electrons. The van der Waals surface area contributed by atoms with Crippen molar-refractivity contribution in [2.75, 3.05) is 0 Å². The molecule has 1 heterocycles. The molecule has 0 aromatic rings. The Bertz CT molecular complexity index is 382. The fourth-order valence-corrected chi connectivity index (χ4v) is 4.49. The molecule has 4 aliphatic carbocycles. The average molecular weight is 235 g/mol. The lowest BCUT2D eigenvalue weighted by atomic mass is 9.43. The van der Waals surface area contributed by atoms with Crippen LogP contribution in [0.25, 0.3) is 0 Å². The zero-order chi connectivity index (χ0) is 12.1. The third-order valence-corrected chi connectivity index (χ3v) is 6.25. The highest BCUT2D eigenvalue weighted by Gasteiger charge is 2.71. The van der Waals surface area contributed by atoms with E-state index in [4.69, 9.17) is 15.0 Å². The van der Waals surface area contributed by atoms with Crippen molar-refractivity contribution in [3.8, 4) is 0 Å². The van der Waals surface area contributed by atoms with E-state index >= 15 is 0 Å². The van der Waals surface area contributed by atoms with Gasteiger partial charge in [0.15, 0.2) is 0 Å². The van der Waals surface area contributed by atoms with Gasteiger partial charge in [0.05, 0.1) is 17.1 Å². The number of nitrogens with two attached hydrogens (primary N) is 1. The number of hydrogen-bond acceptors (Lipinski definition) is 3. The van der Waals surface area contributed by atoms with Gasteiger partial charge < -0.3 is 15.0 Å². The second-order valence-electron chi connectivity index (χ2n) is 7.53. The third kappa shape index (κ3) is 1.15. The van der Waals surface area contributed by atoms with E-state index in [-0.39, 0.29) is 24.3 Å². The normalized spacial score (nSPS) is 52.9. The Labute approximate surface area is 104 Å². The lowest BCUT2D eigenvalue weighted by Gasteiger charge is -2.64. The summed E-state index contributed by atoms with van der Waals surface area (Å²) in [6.45, 7) is 7.03. The standard InChI is InChI=1S/C13H22BNO2/c1-11(2)8-6-9(11)12(3)10(7-8)16-14(17-12)13(15)4-5-13/h8-10H,4-7,15H2,1-3H3/t8-,9-,10+,12-/m0/s1. The summed E-state index contributed by atoms with van der Waals surface area (Å²) in [7, 11) is -0.146. The Balaban J connectivity index is 1.64. The summed E-state index contributed by atoms with van der Waals surface area (Å²) < 4.78 is 12.5. The summed E-state index contributed by atoms with van der Waals surface area (Å²) in [5, 5.41) is 0. The van der Waals surface area contributed by atoms with Crippen LogP contribution in [0.3, 0.4) is 0 Å². The van der Waals surface area contributed by atoms with Crippen LogP contribution in [0, 0.1) is 17.3 Å². The van der Waals surface area contributed by atoms with Gasteiger partial charge in [-0.15, -0.1) is 0 Å². The molecule has 0 unspecified atom stereocenters. The van der Waals surface area contributed by atoms with E-state index in [2.05, 4.69) is 20.8 Å². The van der Waals surface area contributed by atoms with Crippen molar-refractivity contribution in [3.63, 3.8) is 0 Å². The van der Waals surface area contributed by atoms with Crippen LogP contribution in [0.2, 0.25) is 0 Å². The summed E-state index contributed by atoms with van der Waals surface area (Å²) in [4.78, 5) is 0. The molecule has 5 aliphatic rings. The maximum absolute atomic E-state index is 6.32. The summed E-state index contributed by atoms with van der Waals surface area (Å²) >= 11 is 0. The monoisotopic (exact) mass is 235 g/mol. The Hall–Kier alpha value is -0.0551. The first-order valence-electron chi connectivity index (χ1n) is 6.98. The van der Waals surface area contributed by atoms with Gasteiger partial charge in [0.25, 0.3) is 0 Å². The second kappa shape index (κ2) is 2.76. The molecule has 4 heteroatoms. The number of rotatable bonds is 1. The maximum atomic E-state index is 6.32. The van der Waals surface area contributed by atoms with Gasteiger partial charge >= 0.3 is 7.12 Å². The van der Waals surface area contributed by atoms with E-state index < -0.39 is 0 Å². The minimum atomic E-state index is -0.172. The lowest BCUT2D eigenvalue weighted by molar-refractivity contribution is -0.199. The molecule has 2 bridgehead atoms. The van der Waals surface area contributed by atoms with Crippen molar-refractivity contribution in [2.24, 2.45) is 23.0 Å². The average Bonchev–Trinajstić information content (AvgIpc) is 2.89. The Morgan fingerprint density at radius 3 is 2.47 bits per heavy atom. The summed E-state index contributed by atoms with van der Waals surface area (Å²) in [6, 6.07) is 0. The van der Waals surface area contributed by atoms with Gasteiger partial charge in [0.2, 0.25) is 0 Å².